The molecule has 0 spiro atoms. The first-order valence-corrected chi connectivity index (χ1v) is 15.2. The van der Waals surface area contributed by atoms with Crippen molar-refractivity contribution in [3.05, 3.63) is 52.6 Å². The van der Waals surface area contributed by atoms with Crippen molar-refractivity contribution in [1.29, 1.82) is 5.26 Å². The summed E-state index contributed by atoms with van der Waals surface area (Å²) in [6.07, 6.45) is 0.288. The van der Waals surface area contributed by atoms with Crippen molar-refractivity contribution < 1.29 is 31.1 Å². The Morgan fingerprint density at radius 3 is 2.60 bits per heavy atom. The predicted molar refractivity (Wildman–Crippen MR) is 148 cm³/mol. The Balaban J connectivity index is 1.87. The number of nitrogens with one attached hydrogen (secondary N) is 2. The van der Waals surface area contributed by atoms with Crippen LogP contribution in [0.4, 0.5) is 18.9 Å². The van der Waals surface area contributed by atoms with Crippen molar-refractivity contribution in [3.63, 3.8) is 0 Å². The van der Waals surface area contributed by atoms with E-state index in [2.05, 4.69) is 5.32 Å². The van der Waals surface area contributed by atoms with Crippen LogP contribution in [0.15, 0.2) is 40.1 Å². The van der Waals surface area contributed by atoms with E-state index in [9.17, 15) is 27.3 Å². The Labute approximate surface area is 241 Å². The molecule has 2 aromatic rings. The number of ether oxygens (including phenoxy) is 1. The number of nitriles is 1. The van der Waals surface area contributed by atoms with Crippen molar-refractivity contribution in [3.8, 4) is 6.07 Å². The zero-order valence-corrected chi connectivity index (χ0v) is 24.5. The van der Waals surface area contributed by atoms with Crippen molar-refractivity contribution in [2.45, 2.75) is 53.8 Å². The van der Waals surface area contributed by atoms with Crippen LogP contribution < -0.4 is 10.0 Å². The van der Waals surface area contributed by atoms with Crippen LogP contribution >= 0.6 is 23.4 Å². The molecule has 0 bridgehead atoms. The van der Waals surface area contributed by atoms with Crippen LogP contribution in [0, 0.1) is 23.0 Å². The smallest absolute Gasteiger partial charge is 0.265 e. The first-order chi connectivity index (χ1) is 18.8. The number of thioether (sulfide) groups is 1. The van der Waals surface area contributed by atoms with E-state index in [-0.39, 0.29) is 33.5 Å². The number of rotatable bonds is 11. The van der Waals surface area contributed by atoms with Gasteiger partial charge in [-0.25, -0.2) is 26.3 Å². The van der Waals surface area contributed by atoms with Gasteiger partial charge in [-0.3, -0.25) is 4.79 Å². The number of alkyl halides is 1. The summed E-state index contributed by atoms with van der Waals surface area (Å²) in [5, 5.41) is 12.5. The summed E-state index contributed by atoms with van der Waals surface area (Å²) in [6, 6.07) is 5.98. The number of nitrogens with zero attached hydrogens (tertiary/aromatic N) is 2. The SMILES string of the molecule is CN(C)C[C@@H](F)[C@H](CSc1ccc(F)cc1F)Nc1c(Cl)cc(S(=O)(=O)NC(=O)[C@@]2(C)CCCCO2)cc1C#N. The van der Waals surface area contributed by atoms with Crippen LogP contribution in [0.25, 0.3) is 0 Å². The molecular weight excluding hydrogens is 589 g/mol. The van der Waals surface area contributed by atoms with Gasteiger partial charge in [-0.05, 0) is 64.5 Å². The summed E-state index contributed by atoms with van der Waals surface area (Å²) < 4.78 is 76.3. The van der Waals surface area contributed by atoms with Gasteiger partial charge in [-0.2, -0.15) is 5.26 Å². The highest BCUT2D eigenvalue weighted by atomic mass is 35.5. The summed E-state index contributed by atoms with van der Waals surface area (Å²) in [5.41, 5.74) is -1.55. The van der Waals surface area contributed by atoms with Gasteiger partial charge >= 0.3 is 0 Å². The van der Waals surface area contributed by atoms with E-state index < -0.39 is 50.3 Å². The molecule has 3 atom stereocenters. The molecule has 8 nitrogen and oxygen atoms in total. The van der Waals surface area contributed by atoms with Crippen LogP contribution in [0.1, 0.15) is 31.7 Å². The fourth-order valence-corrected chi connectivity index (χ4v) is 6.52. The largest absolute Gasteiger partial charge is 0.376 e. The Kier molecular flexibility index (Phi) is 10.8. The van der Waals surface area contributed by atoms with Crippen molar-refractivity contribution in [1.82, 2.24) is 9.62 Å². The number of halogens is 4. The van der Waals surface area contributed by atoms with Crippen molar-refractivity contribution in [2.75, 3.05) is 38.3 Å². The van der Waals surface area contributed by atoms with E-state index in [1.165, 1.54) is 13.0 Å². The molecule has 0 unspecified atom stereocenters. The quantitative estimate of drug-likeness (QED) is 0.348. The molecule has 1 aliphatic heterocycles. The minimum atomic E-state index is -4.43. The number of sulfonamides is 1. The normalized spacial score (nSPS) is 19.1. The molecule has 0 saturated carbocycles. The van der Waals surface area contributed by atoms with E-state index in [1.54, 1.807) is 19.0 Å². The Hall–Kier alpha value is -2.50. The van der Waals surface area contributed by atoms with Gasteiger partial charge in [0.1, 0.15) is 29.5 Å². The number of amides is 1. The fourth-order valence-electron chi connectivity index (χ4n) is 4.04. The molecule has 14 heteroatoms. The second kappa shape index (κ2) is 13.4. The topological polar surface area (TPSA) is 112 Å². The lowest BCUT2D eigenvalue weighted by Crippen LogP contribution is -2.50. The number of hydrogen-bond donors (Lipinski definition) is 2. The first-order valence-electron chi connectivity index (χ1n) is 12.3. The van der Waals surface area contributed by atoms with E-state index in [4.69, 9.17) is 16.3 Å². The van der Waals surface area contributed by atoms with E-state index in [0.29, 0.717) is 19.4 Å². The van der Waals surface area contributed by atoms with Gasteiger partial charge in [0.2, 0.25) is 0 Å². The number of carbonyl (C=O) groups excluding carboxylic acids is 1. The fraction of sp³-hybridized carbons (Fsp3) is 0.462. The minimum Gasteiger partial charge on any atom is -0.376 e. The molecule has 0 aromatic heterocycles. The second-order valence-corrected chi connectivity index (χ2v) is 13.0. The highest BCUT2D eigenvalue weighted by molar-refractivity contribution is 7.99. The molecule has 2 aromatic carbocycles. The number of hydrogen-bond acceptors (Lipinski definition) is 8. The minimum absolute atomic E-state index is 0.0244. The molecule has 1 saturated heterocycles. The average molecular weight is 619 g/mol. The first kappa shape index (κ1) is 32.0. The van der Waals surface area contributed by atoms with Gasteiger partial charge in [0.05, 0.1) is 27.2 Å². The van der Waals surface area contributed by atoms with Crippen LogP contribution in [-0.4, -0.2) is 70.0 Å². The van der Waals surface area contributed by atoms with Gasteiger partial charge < -0.3 is 15.0 Å². The van der Waals surface area contributed by atoms with Gasteiger partial charge in [-0.15, -0.1) is 11.8 Å². The number of anilines is 1. The summed E-state index contributed by atoms with van der Waals surface area (Å²) in [5.74, 6) is -2.41. The number of carbonyl (C=O) groups is 1. The third-order valence-electron chi connectivity index (χ3n) is 6.29. The predicted octanol–water partition coefficient (Wildman–Crippen LogP) is 4.73. The van der Waals surface area contributed by atoms with Crippen LogP contribution in [0.3, 0.4) is 0 Å². The van der Waals surface area contributed by atoms with Crippen LogP contribution in [0.5, 0.6) is 0 Å². The van der Waals surface area contributed by atoms with Gasteiger partial charge in [0.15, 0.2) is 0 Å². The monoisotopic (exact) mass is 618 g/mol. The lowest BCUT2D eigenvalue weighted by atomic mass is 9.95. The number of benzene rings is 2. The summed E-state index contributed by atoms with van der Waals surface area (Å²) in [4.78, 5) is 14.0. The van der Waals surface area contributed by atoms with Gasteiger partial charge in [0, 0.05) is 29.9 Å². The zero-order valence-electron chi connectivity index (χ0n) is 22.1. The second-order valence-electron chi connectivity index (χ2n) is 9.83. The van der Waals surface area contributed by atoms with E-state index in [1.807, 2.05) is 10.8 Å². The maximum atomic E-state index is 15.3. The zero-order chi connectivity index (χ0) is 29.7. The molecule has 0 radical (unpaired) electrons. The molecule has 3 rings (SSSR count). The lowest BCUT2D eigenvalue weighted by Gasteiger charge is -2.32. The highest BCUT2D eigenvalue weighted by Crippen LogP contribution is 2.33. The van der Waals surface area contributed by atoms with Crippen LogP contribution in [0.2, 0.25) is 5.02 Å². The Bertz CT molecular complexity index is 1380. The Morgan fingerprint density at radius 1 is 1.27 bits per heavy atom. The molecule has 1 aliphatic rings. The van der Waals surface area contributed by atoms with Crippen molar-refractivity contribution in [2.24, 2.45) is 0 Å². The molecule has 0 aliphatic carbocycles. The van der Waals surface area contributed by atoms with Crippen LogP contribution in [-0.2, 0) is 19.6 Å². The van der Waals surface area contributed by atoms with E-state index >= 15 is 4.39 Å². The summed E-state index contributed by atoms with van der Waals surface area (Å²) in [7, 11) is -1.11. The molecule has 218 valence electrons. The summed E-state index contributed by atoms with van der Waals surface area (Å²) >= 11 is 7.33. The van der Waals surface area contributed by atoms with Gasteiger partial charge in [0.25, 0.3) is 15.9 Å². The standard InChI is InChI=1S/C26H30ClF3N4O4S2/c1-26(8-4-5-9-38-26)25(35)33-40(36,37)18-10-16(13-31)24(19(27)12-18)32-22(21(30)14-34(2)3)15-39-23-7-6-17(28)11-20(23)29/h6-7,10-12,21-22,32H,4-5,8-9,14-15H2,1-3H3,(H,33,35)/t21-,22+,26-/m1/s1. The van der Waals surface area contributed by atoms with Gasteiger partial charge in [-0.1, -0.05) is 11.6 Å². The molecule has 1 fully saturated rings. The average Bonchev–Trinajstić information content (AvgIpc) is 2.87. The molecular formula is C26H30ClF3N4O4S2. The molecule has 2 N–H and O–H groups in total. The molecule has 1 heterocycles. The Morgan fingerprint density at radius 2 is 2.00 bits per heavy atom. The highest BCUT2D eigenvalue weighted by Gasteiger charge is 2.38. The van der Waals surface area contributed by atoms with Crippen molar-refractivity contribution >= 4 is 45.0 Å². The summed E-state index contributed by atoms with van der Waals surface area (Å²) in [6.45, 7) is 1.81. The molecule has 40 heavy (non-hydrogen) atoms. The third-order valence-corrected chi connectivity index (χ3v) is 9.07. The maximum absolute atomic E-state index is 15.3. The third kappa shape index (κ3) is 8.04. The lowest BCUT2D eigenvalue weighted by molar-refractivity contribution is -0.148. The molecule has 1 amide bonds. The van der Waals surface area contributed by atoms with E-state index in [0.717, 1.165) is 42.4 Å². The maximum Gasteiger partial charge on any atom is 0.265 e.